The van der Waals surface area contributed by atoms with Gasteiger partial charge in [0.1, 0.15) is 11.5 Å². The predicted octanol–water partition coefficient (Wildman–Crippen LogP) is 5.15. The van der Waals surface area contributed by atoms with Crippen LogP contribution in [0.5, 0.6) is 11.5 Å². The third kappa shape index (κ3) is 3.08. The van der Waals surface area contributed by atoms with E-state index in [1.165, 1.54) is 44.5 Å². The first-order valence-electron chi connectivity index (χ1n) is 8.09. The highest BCUT2D eigenvalue weighted by molar-refractivity contribution is 5.53. The van der Waals surface area contributed by atoms with Crippen LogP contribution in [0, 0.1) is 41.5 Å². The highest BCUT2D eigenvalue weighted by atomic mass is 16.5. The molecule has 0 fully saturated rings. The summed E-state index contributed by atoms with van der Waals surface area (Å²) in [5, 5.41) is 0. The van der Waals surface area contributed by atoms with Gasteiger partial charge in [-0.25, -0.2) is 0 Å². The van der Waals surface area contributed by atoms with Gasteiger partial charge in [-0.05, 0) is 92.5 Å². The molecule has 2 heteroatoms. The fourth-order valence-electron chi connectivity index (χ4n) is 3.48. The number of aryl methyl sites for hydroxylation is 2. The number of hydrogen-bond acceptors (Lipinski definition) is 2. The number of hydrogen-bond donors (Lipinski definition) is 0. The molecule has 0 bridgehead atoms. The van der Waals surface area contributed by atoms with Crippen LogP contribution in [-0.4, -0.2) is 14.2 Å². The number of methoxy groups -OCH3 is 2. The molecule has 0 aliphatic rings. The monoisotopic (exact) mass is 312 g/mol. The van der Waals surface area contributed by atoms with Gasteiger partial charge in [0.25, 0.3) is 0 Å². The van der Waals surface area contributed by atoms with Gasteiger partial charge in [-0.1, -0.05) is 12.1 Å². The fraction of sp³-hybridized carbons (Fsp3) is 0.429. The van der Waals surface area contributed by atoms with Crippen molar-refractivity contribution in [3.63, 3.8) is 0 Å². The maximum atomic E-state index is 5.54. The Labute approximate surface area is 140 Å². The average Bonchev–Trinajstić information content (AvgIpc) is 2.50. The second kappa shape index (κ2) is 6.66. The molecule has 0 N–H and O–H groups in total. The minimum atomic E-state index is 0.939. The highest BCUT2D eigenvalue weighted by Gasteiger charge is 2.15. The number of rotatable bonds is 4. The molecule has 2 aromatic rings. The molecule has 0 spiro atoms. The van der Waals surface area contributed by atoms with E-state index in [2.05, 4.69) is 53.7 Å². The van der Waals surface area contributed by atoms with Crippen molar-refractivity contribution in [2.24, 2.45) is 0 Å². The Morgan fingerprint density at radius 1 is 0.609 bits per heavy atom. The topological polar surface area (TPSA) is 18.5 Å². The molecule has 2 aromatic carbocycles. The normalized spacial score (nSPS) is 10.8. The molecule has 0 radical (unpaired) electrons. The summed E-state index contributed by atoms with van der Waals surface area (Å²) in [4.78, 5) is 0. The van der Waals surface area contributed by atoms with Gasteiger partial charge in [-0.3, -0.25) is 0 Å². The minimum Gasteiger partial charge on any atom is -0.496 e. The van der Waals surface area contributed by atoms with Crippen LogP contribution in [0.15, 0.2) is 12.1 Å². The van der Waals surface area contributed by atoms with Crippen molar-refractivity contribution in [3.8, 4) is 11.5 Å². The van der Waals surface area contributed by atoms with Gasteiger partial charge >= 0.3 is 0 Å². The van der Waals surface area contributed by atoms with E-state index in [1.54, 1.807) is 14.2 Å². The van der Waals surface area contributed by atoms with Crippen molar-refractivity contribution >= 4 is 0 Å². The van der Waals surface area contributed by atoms with Crippen molar-refractivity contribution < 1.29 is 9.47 Å². The van der Waals surface area contributed by atoms with E-state index in [9.17, 15) is 0 Å². The van der Waals surface area contributed by atoms with E-state index in [-0.39, 0.29) is 0 Å². The summed E-state index contributed by atoms with van der Waals surface area (Å²) in [6, 6.07) is 4.52. The second-order valence-corrected chi connectivity index (χ2v) is 6.45. The zero-order valence-corrected chi connectivity index (χ0v) is 15.7. The van der Waals surface area contributed by atoms with E-state index in [1.807, 2.05) is 0 Å². The Morgan fingerprint density at radius 2 is 0.957 bits per heavy atom. The van der Waals surface area contributed by atoms with Crippen molar-refractivity contribution in [1.29, 1.82) is 0 Å². The van der Waals surface area contributed by atoms with Crippen LogP contribution in [0.1, 0.15) is 44.5 Å². The van der Waals surface area contributed by atoms with Crippen molar-refractivity contribution in [1.82, 2.24) is 0 Å². The molecule has 0 atom stereocenters. The lowest BCUT2D eigenvalue weighted by Crippen LogP contribution is -2.03. The molecule has 0 unspecified atom stereocenters. The van der Waals surface area contributed by atoms with Crippen molar-refractivity contribution in [2.45, 2.75) is 48.0 Å². The predicted molar refractivity (Wildman–Crippen MR) is 97.2 cm³/mol. The second-order valence-electron chi connectivity index (χ2n) is 6.45. The van der Waals surface area contributed by atoms with Crippen LogP contribution in [0.2, 0.25) is 0 Å². The Kier molecular flexibility index (Phi) is 5.03. The summed E-state index contributed by atoms with van der Waals surface area (Å²) in [5.41, 5.74) is 10.2. The van der Waals surface area contributed by atoms with Gasteiger partial charge in [-0.2, -0.15) is 0 Å². The van der Waals surface area contributed by atoms with Crippen LogP contribution < -0.4 is 9.47 Å². The van der Waals surface area contributed by atoms with Gasteiger partial charge < -0.3 is 9.47 Å². The lowest BCUT2D eigenvalue weighted by Gasteiger charge is -2.19. The average molecular weight is 312 g/mol. The summed E-state index contributed by atoms with van der Waals surface area (Å²) in [6.07, 6.45) is 0.939. The van der Waals surface area contributed by atoms with Crippen LogP contribution >= 0.6 is 0 Å². The van der Waals surface area contributed by atoms with E-state index in [0.717, 1.165) is 17.9 Å². The molecule has 0 saturated heterocycles. The third-order valence-electron chi connectivity index (χ3n) is 5.06. The first-order chi connectivity index (χ1) is 10.8. The maximum absolute atomic E-state index is 5.54. The number of ether oxygens (including phenoxy) is 2. The lowest BCUT2D eigenvalue weighted by molar-refractivity contribution is 0.407. The van der Waals surface area contributed by atoms with Gasteiger partial charge in [0.2, 0.25) is 0 Å². The maximum Gasteiger partial charge on any atom is 0.124 e. The van der Waals surface area contributed by atoms with Gasteiger partial charge in [0, 0.05) is 0 Å². The Hall–Kier alpha value is -1.96. The molecule has 0 aliphatic carbocycles. The Balaban J connectivity index is 2.53. The third-order valence-corrected chi connectivity index (χ3v) is 5.06. The van der Waals surface area contributed by atoms with E-state index >= 15 is 0 Å². The zero-order valence-electron chi connectivity index (χ0n) is 15.7. The van der Waals surface area contributed by atoms with Gasteiger partial charge in [0.05, 0.1) is 14.2 Å². The standard InChI is InChI=1S/C21H28O2/c1-12-9-18(14(3)16(5)20(12)22-7)11-19-10-13(2)21(23-8)17(6)15(19)4/h9-10H,11H2,1-8H3. The van der Waals surface area contributed by atoms with E-state index < -0.39 is 0 Å². The summed E-state index contributed by atoms with van der Waals surface area (Å²) in [5.74, 6) is 2.01. The number of benzene rings is 2. The molecular weight excluding hydrogens is 284 g/mol. The van der Waals surface area contributed by atoms with Crippen LogP contribution in [-0.2, 0) is 6.42 Å². The summed E-state index contributed by atoms with van der Waals surface area (Å²) >= 11 is 0. The minimum absolute atomic E-state index is 0.939. The van der Waals surface area contributed by atoms with Crippen molar-refractivity contribution in [3.05, 3.63) is 56.6 Å². The summed E-state index contributed by atoms with van der Waals surface area (Å²) in [6.45, 7) is 12.9. The molecule has 0 aromatic heterocycles. The molecule has 2 rings (SSSR count). The Bertz CT molecular complexity index is 679. The molecular formula is C21H28O2. The van der Waals surface area contributed by atoms with Crippen LogP contribution in [0.25, 0.3) is 0 Å². The molecule has 0 heterocycles. The van der Waals surface area contributed by atoms with Crippen LogP contribution in [0.3, 0.4) is 0 Å². The first-order valence-corrected chi connectivity index (χ1v) is 8.09. The molecule has 0 amide bonds. The highest BCUT2D eigenvalue weighted by Crippen LogP contribution is 2.33. The molecule has 2 nitrogen and oxygen atoms in total. The first kappa shape index (κ1) is 17.4. The quantitative estimate of drug-likeness (QED) is 0.777. The van der Waals surface area contributed by atoms with Gasteiger partial charge in [0.15, 0.2) is 0 Å². The van der Waals surface area contributed by atoms with Crippen LogP contribution in [0.4, 0.5) is 0 Å². The van der Waals surface area contributed by atoms with Crippen molar-refractivity contribution in [2.75, 3.05) is 14.2 Å². The largest absolute Gasteiger partial charge is 0.496 e. The van der Waals surface area contributed by atoms with E-state index in [4.69, 9.17) is 9.47 Å². The Morgan fingerprint density at radius 3 is 1.26 bits per heavy atom. The SMILES string of the molecule is COc1c(C)cc(Cc2cc(C)c(OC)c(C)c2C)c(C)c1C. The van der Waals surface area contributed by atoms with E-state index in [0.29, 0.717) is 0 Å². The summed E-state index contributed by atoms with van der Waals surface area (Å²) < 4.78 is 11.1. The molecule has 0 saturated carbocycles. The smallest absolute Gasteiger partial charge is 0.124 e. The molecule has 124 valence electrons. The fourth-order valence-corrected chi connectivity index (χ4v) is 3.48. The summed E-state index contributed by atoms with van der Waals surface area (Å²) in [7, 11) is 3.49. The van der Waals surface area contributed by atoms with Gasteiger partial charge in [-0.15, -0.1) is 0 Å². The lowest BCUT2D eigenvalue weighted by atomic mass is 9.90. The molecule has 23 heavy (non-hydrogen) atoms. The zero-order chi connectivity index (χ0) is 17.3. The molecule has 0 aliphatic heterocycles.